The molecule has 1 aromatic carbocycles. The predicted molar refractivity (Wildman–Crippen MR) is 73.6 cm³/mol. The van der Waals surface area contributed by atoms with Crippen molar-refractivity contribution in [2.75, 3.05) is 0 Å². The van der Waals surface area contributed by atoms with E-state index in [-0.39, 0.29) is 0 Å². The van der Waals surface area contributed by atoms with Crippen LogP contribution in [0.3, 0.4) is 0 Å². The Balaban J connectivity index is 3.36. The Hall–Kier alpha value is -0.710. The van der Waals surface area contributed by atoms with Gasteiger partial charge >= 0.3 is 0 Å². The Morgan fingerprint density at radius 3 is 1.94 bits per heavy atom. The van der Waals surface area contributed by atoms with Crippen LogP contribution in [-0.2, 0) is 5.41 Å². The van der Waals surface area contributed by atoms with E-state index in [0.29, 0.717) is 10.0 Å². The van der Waals surface area contributed by atoms with Crippen LogP contribution < -0.4 is 0 Å². The van der Waals surface area contributed by atoms with Crippen molar-refractivity contribution in [3.05, 3.63) is 33.8 Å². The topological polar surface area (TPSA) is 23.8 Å². The summed E-state index contributed by atoms with van der Waals surface area (Å²) in [6, 6.07) is 7.87. The van der Waals surface area contributed by atoms with Gasteiger partial charge in [-0.05, 0) is 25.0 Å². The Kier molecular flexibility index (Phi) is 5.31. The lowest BCUT2D eigenvalue weighted by Crippen LogP contribution is -2.24. The highest BCUT2D eigenvalue weighted by molar-refractivity contribution is 6.36. The van der Waals surface area contributed by atoms with E-state index >= 15 is 0 Å². The monoisotopic (exact) mass is 269 g/mol. The maximum Gasteiger partial charge on any atom is 0.0851 e. The third kappa shape index (κ3) is 2.94. The van der Waals surface area contributed by atoms with Crippen LogP contribution in [0.1, 0.15) is 45.1 Å². The molecular formula is C14H17Cl2N. The molecule has 0 aromatic heterocycles. The Labute approximate surface area is 113 Å². The molecule has 0 aliphatic rings. The van der Waals surface area contributed by atoms with E-state index in [0.717, 1.165) is 31.2 Å². The highest BCUT2D eigenvalue weighted by Crippen LogP contribution is 2.41. The minimum atomic E-state index is -0.543. The maximum atomic E-state index is 9.57. The third-order valence-electron chi connectivity index (χ3n) is 3.01. The number of rotatable bonds is 5. The summed E-state index contributed by atoms with van der Waals surface area (Å²) >= 11 is 12.5. The largest absolute Gasteiger partial charge is 0.197 e. The molecule has 0 radical (unpaired) electrons. The van der Waals surface area contributed by atoms with E-state index in [1.165, 1.54) is 0 Å². The van der Waals surface area contributed by atoms with E-state index in [1.807, 2.05) is 6.07 Å². The molecule has 1 rings (SSSR count). The smallest absolute Gasteiger partial charge is 0.0851 e. The zero-order valence-electron chi connectivity index (χ0n) is 10.3. The molecule has 92 valence electrons. The second-order valence-electron chi connectivity index (χ2n) is 4.29. The molecule has 0 aliphatic heterocycles. The lowest BCUT2D eigenvalue weighted by Gasteiger charge is -2.28. The average molecular weight is 270 g/mol. The van der Waals surface area contributed by atoms with Crippen LogP contribution in [0.4, 0.5) is 0 Å². The van der Waals surface area contributed by atoms with Crippen LogP contribution >= 0.6 is 23.2 Å². The summed E-state index contributed by atoms with van der Waals surface area (Å²) in [6.07, 6.45) is 3.46. The van der Waals surface area contributed by atoms with Gasteiger partial charge in [-0.15, -0.1) is 0 Å². The van der Waals surface area contributed by atoms with E-state index in [9.17, 15) is 5.26 Å². The van der Waals surface area contributed by atoms with Gasteiger partial charge in [-0.25, -0.2) is 0 Å². The van der Waals surface area contributed by atoms with Gasteiger partial charge in [0.2, 0.25) is 0 Å². The molecule has 0 fully saturated rings. The van der Waals surface area contributed by atoms with Gasteiger partial charge in [0.15, 0.2) is 0 Å². The number of nitriles is 1. The van der Waals surface area contributed by atoms with Gasteiger partial charge in [-0.2, -0.15) is 5.26 Å². The number of hydrogen-bond acceptors (Lipinski definition) is 1. The minimum absolute atomic E-state index is 0.543. The Bertz CT molecular complexity index is 394. The zero-order valence-corrected chi connectivity index (χ0v) is 11.8. The standard InChI is InChI=1S/C14H17Cl2N/c1-3-8-14(10-17,9-4-2)13-11(15)6-5-7-12(13)16/h5-7H,3-4,8-9H2,1-2H3. The molecule has 0 amide bonds. The lowest BCUT2D eigenvalue weighted by molar-refractivity contribution is 0.453. The van der Waals surface area contributed by atoms with E-state index in [4.69, 9.17) is 23.2 Å². The molecule has 17 heavy (non-hydrogen) atoms. The third-order valence-corrected chi connectivity index (χ3v) is 3.64. The van der Waals surface area contributed by atoms with Crippen LogP contribution in [0, 0.1) is 11.3 Å². The minimum Gasteiger partial charge on any atom is -0.197 e. The molecule has 0 saturated carbocycles. The summed E-state index contributed by atoms with van der Waals surface area (Å²) in [4.78, 5) is 0. The Morgan fingerprint density at radius 2 is 1.59 bits per heavy atom. The van der Waals surface area contributed by atoms with Crippen molar-refractivity contribution < 1.29 is 0 Å². The van der Waals surface area contributed by atoms with Crippen molar-refractivity contribution in [2.45, 2.75) is 44.9 Å². The second-order valence-corrected chi connectivity index (χ2v) is 5.10. The van der Waals surface area contributed by atoms with Crippen molar-refractivity contribution in [3.8, 4) is 6.07 Å². The average Bonchev–Trinajstić information content (AvgIpc) is 2.29. The Morgan fingerprint density at radius 1 is 1.12 bits per heavy atom. The molecule has 0 bridgehead atoms. The quantitative estimate of drug-likeness (QED) is 0.707. The van der Waals surface area contributed by atoms with Crippen LogP contribution in [0.2, 0.25) is 10.0 Å². The van der Waals surface area contributed by atoms with Gasteiger partial charge in [-0.1, -0.05) is 56.0 Å². The fourth-order valence-electron chi connectivity index (χ4n) is 2.35. The molecule has 0 unspecified atom stereocenters. The molecule has 3 heteroatoms. The number of benzene rings is 1. The lowest BCUT2D eigenvalue weighted by atomic mass is 9.74. The van der Waals surface area contributed by atoms with Crippen molar-refractivity contribution in [3.63, 3.8) is 0 Å². The van der Waals surface area contributed by atoms with Gasteiger partial charge in [0.25, 0.3) is 0 Å². The van der Waals surface area contributed by atoms with Crippen molar-refractivity contribution >= 4 is 23.2 Å². The molecule has 0 atom stereocenters. The molecule has 1 nitrogen and oxygen atoms in total. The maximum absolute atomic E-state index is 9.57. The molecule has 1 aromatic rings. The van der Waals surface area contributed by atoms with Crippen LogP contribution in [0.5, 0.6) is 0 Å². The van der Waals surface area contributed by atoms with Crippen molar-refractivity contribution in [1.82, 2.24) is 0 Å². The second kappa shape index (κ2) is 6.28. The SMILES string of the molecule is CCCC(C#N)(CCC)c1c(Cl)cccc1Cl. The van der Waals surface area contributed by atoms with E-state index in [2.05, 4.69) is 19.9 Å². The highest BCUT2D eigenvalue weighted by atomic mass is 35.5. The number of nitrogens with zero attached hydrogens (tertiary/aromatic N) is 1. The summed E-state index contributed by atoms with van der Waals surface area (Å²) in [6.45, 7) is 4.15. The molecule has 0 heterocycles. The normalized spacial score (nSPS) is 11.2. The van der Waals surface area contributed by atoms with Gasteiger partial charge in [-0.3, -0.25) is 0 Å². The van der Waals surface area contributed by atoms with Crippen LogP contribution in [-0.4, -0.2) is 0 Å². The summed E-state index contributed by atoms with van der Waals surface area (Å²) < 4.78 is 0. The summed E-state index contributed by atoms with van der Waals surface area (Å²) in [5.41, 5.74) is 0.258. The van der Waals surface area contributed by atoms with Crippen LogP contribution in [0.15, 0.2) is 18.2 Å². The van der Waals surface area contributed by atoms with Crippen molar-refractivity contribution in [1.29, 1.82) is 5.26 Å². The van der Waals surface area contributed by atoms with E-state index in [1.54, 1.807) is 12.1 Å². The summed E-state index contributed by atoms with van der Waals surface area (Å²) in [5.74, 6) is 0. The molecule has 0 N–H and O–H groups in total. The first-order chi connectivity index (χ1) is 8.11. The number of halogens is 2. The molecule has 0 saturated heterocycles. The van der Waals surface area contributed by atoms with Gasteiger partial charge in [0.1, 0.15) is 0 Å². The van der Waals surface area contributed by atoms with Crippen molar-refractivity contribution in [2.24, 2.45) is 0 Å². The first-order valence-corrected chi connectivity index (χ1v) is 6.72. The first-order valence-electron chi connectivity index (χ1n) is 5.97. The van der Waals surface area contributed by atoms with Gasteiger partial charge < -0.3 is 0 Å². The fraction of sp³-hybridized carbons (Fsp3) is 0.500. The molecule has 0 aliphatic carbocycles. The summed E-state index contributed by atoms with van der Waals surface area (Å²) in [5, 5.41) is 10.8. The first kappa shape index (κ1) is 14.4. The molecular weight excluding hydrogens is 253 g/mol. The predicted octanol–water partition coefficient (Wildman–Crippen LogP) is 5.35. The highest BCUT2D eigenvalue weighted by Gasteiger charge is 2.34. The summed E-state index contributed by atoms with van der Waals surface area (Å²) in [7, 11) is 0. The van der Waals surface area contributed by atoms with Gasteiger partial charge in [0, 0.05) is 15.6 Å². The molecule has 0 spiro atoms. The number of hydrogen-bond donors (Lipinski definition) is 0. The van der Waals surface area contributed by atoms with Crippen LogP contribution in [0.25, 0.3) is 0 Å². The van der Waals surface area contributed by atoms with E-state index < -0.39 is 5.41 Å². The van der Waals surface area contributed by atoms with Gasteiger partial charge in [0.05, 0.1) is 11.5 Å². The zero-order chi connectivity index (χ0) is 12.9. The fourth-order valence-corrected chi connectivity index (χ4v) is 3.11.